The van der Waals surface area contributed by atoms with Gasteiger partial charge in [0, 0.05) is 16.6 Å². The van der Waals surface area contributed by atoms with Crippen molar-refractivity contribution in [3.8, 4) is 0 Å². The van der Waals surface area contributed by atoms with E-state index in [0.717, 1.165) is 16.5 Å². The van der Waals surface area contributed by atoms with Gasteiger partial charge in [-0.15, -0.1) is 0 Å². The van der Waals surface area contributed by atoms with Gasteiger partial charge in [-0.1, -0.05) is 41.6 Å². The number of hydrogen-bond acceptors (Lipinski definition) is 4. The Labute approximate surface area is 162 Å². The molecule has 1 saturated carbocycles. The molecular formula is C19H25BrN2O4. The molecule has 2 N–H and O–H groups in total. The summed E-state index contributed by atoms with van der Waals surface area (Å²) in [6.45, 7) is 1.35. The van der Waals surface area contributed by atoms with Gasteiger partial charge in [0.15, 0.2) is 6.61 Å². The van der Waals surface area contributed by atoms with Crippen molar-refractivity contribution in [1.29, 1.82) is 0 Å². The zero-order chi connectivity index (χ0) is 18.9. The number of carbonyl (C=O) groups excluding carboxylic acids is 3. The van der Waals surface area contributed by atoms with Crippen LogP contribution in [0.3, 0.4) is 0 Å². The van der Waals surface area contributed by atoms with E-state index in [-0.39, 0.29) is 25.0 Å². The molecule has 0 aromatic heterocycles. The van der Waals surface area contributed by atoms with Gasteiger partial charge in [-0.3, -0.25) is 14.4 Å². The molecule has 0 saturated heterocycles. The number of ether oxygens (including phenoxy) is 1. The monoisotopic (exact) mass is 424 g/mol. The molecule has 1 aromatic rings. The maximum atomic E-state index is 11.9. The van der Waals surface area contributed by atoms with E-state index >= 15 is 0 Å². The summed E-state index contributed by atoms with van der Waals surface area (Å²) in [5.41, 5.74) is 1.60. The highest BCUT2D eigenvalue weighted by Gasteiger charge is 2.17. The molecule has 6 nitrogen and oxygen atoms in total. The molecule has 0 radical (unpaired) electrons. The van der Waals surface area contributed by atoms with Gasteiger partial charge in [0.1, 0.15) is 0 Å². The van der Waals surface area contributed by atoms with Crippen molar-refractivity contribution in [1.82, 2.24) is 5.32 Å². The summed E-state index contributed by atoms with van der Waals surface area (Å²) >= 11 is 3.36. The molecule has 1 fully saturated rings. The lowest BCUT2D eigenvalue weighted by Crippen LogP contribution is -2.35. The van der Waals surface area contributed by atoms with E-state index in [2.05, 4.69) is 26.6 Å². The molecule has 1 aliphatic rings. The molecule has 1 aromatic carbocycles. The van der Waals surface area contributed by atoms with Crippen LogP contribution in [0.15, 0.2) is 22.7 Å². The Morgan fingerprint density at radius 3 is 2.62 bits per heavy atom. The van der Waals surface area contributed by atoms with Crippen LogP contribution in [0.4, 0.5) is 5.69 Å². The largest absolute Gasteiger partial charge is 0.456 e. The number of carbonyl (C=O) groups is 3. The van der Waals surface area contributed by atoms with Crippen molar-refractivity contribution in [3.63, 3.8) is 0 Å². The topological polar surface area (TPSA) is 84.5 Å². The molecule has 2 amide bonds. The number of nitrogens with one attached hydrogen (secondary N) is 2. The van der Waals surface area contributed by atoms with Gasteiger partial charge in [-0.25, -0.2) is 0 Å². The lowest BCUT2D eigenvalue weighted by Gasteiger charge is -2.10. The Morgan fingerprint density at radius 2 is 1.92 bits per heavy atom. The number of halogens is 1. The standard InChI is InChI=1S/C19H25BrN2O4/c1-13-10-15(20)7-8-16(13)22-17(23)11-21-18(24)12-26-19(25)9-6-14-4-2-3-5-14/h7-8,10,14H,2-6,9,11-12H2,1H3,(H,21,24)(H,22,23). The van der Waals surface area contributed by atoms with Gasteiger partial charge in [0.05, 0.1) is 6.54 Å². The highest BCUT2D eigenvalue weighted by molar-refractivity contribution is 9.10. The summed E-state index contributed by atoms with van der Waals surface area (Å²) in [7, 11) is 0. The summed E-state index contributed by atoms with van der Waals surface area (Å²) in [6.07, 6.45) is 6.02. The van der Waals surface area contributed by atoms with Crippen LogP contribution in [0.1, 0.15) is 44.1 Å². The first-order chi connectivity index (χ1) is 12.4. The van der Waals surface area contributed by atoms with Gasteiger partial charge in [0.25, 0.3) is 5.91 Å². The number of hydrogen-bond donors (Lipinski definition) is 2. The summed E-state index contributed by atoms with van der Waals surface area (Å²) in [6, 6.07) is 5.50. The zero-order valence-corrected chi connectivity index (χ0v) is 16.6. The lowest BCUT2D eigenvalue weighted by molar-refractivity contribution is -0.148. The fourth-order valence-electron chi connectivity index (χ4n) is 3.03. The van der Waals surface area contributed by atoms with Crippen molar-refractivity contribution in [2.24, 2.45) is 5.92 Å². The fourth-order valence-corrected chi connectivity index (χ4v) is 3.51. The maximum Gasteiger partial charge on any atom is 0.306 e. The third kappa shape index (κ3) is 7.15. The van der Waals surface area contributed by atoms with Crippen LogP contribution >= 0.6 is 15.9 Å². The van der Waals surface area contributed by atoms with E-state index < -0.39 is 5.91 Å². The number of amides is 2. The second-order valence-electron chi connectivity index (χ2n) is 6.63. The minimum atomic E-state index is -0.484. The van der Waals surface area contributed by atoms with Crippen LogP contribution in [-0.4, -0.2) is 30.9 Å². The molecule has 0 heterocycles. The number of rotatable bonds is 8. The van der Waals surface area contributed by atoms with E-state index in [9.17, 15) is 14.4 Å². The van der Waals surface area contributed by atoms with Crippen LogP contribution < -0.4 is 10.6 Å². The molecule has 142 valence electrons. The Hall–Kier alpha value is -1.89. The van der Waals surface area contributed by atoms with Crippen molar-refractivity contribution in [3.05, 3.63) is 28.2 Å². The van der Waals surface area contributed by atoms with Gasteiger partial charge >= 0.3 is 5.97 Å². The third-order valence-electron chi connectivity index (χ3n) is 4.50. The molecular weight excluding hydrogens is 400 g/mol. The van der Waals surface area contributed by atoms with Gasteiger partial charge < -0.3 is 15.4 Å². The Kier molecular flexibility index (Phi) is 8.09. The Bertz CT molecular complexity index is 657. The SMILES string of the molecule is Cc1cc(Br)ccc1NC(=O)CNC(=O)COC(=O)CCC1CCCC1. The first-order valence-corrected chi connectivity index (χ1v) is 9.71. The second-order valence-corrected chi connectivity index (χ2v) is 7.55. The van der Waals surface area contributed by atoms with Gasteiger partial charge in [0.2, 0.25) is 5.91 Å². The van der Waals surface area contributed by atoms with Crippen molar-refractivity contribution >= 4 is 39.4 Å². The number of anilines is 1. The normalized spacial score (nSPS) is 14.1. The summed E-state index contributed by atoms with van der Waals surface area (Å²) in [4.78, 5) is 35.3. The molecule has 0 bridgehead atoms. The van der Waals surface area contributed by atoms with E-state index in [0.29, 0.717) is 18.0 Å². The Balaban J connectivity index is 1.61. The van der Waals surface area contributed by atoms with Crippen molar-refractivity contribution in [2.45, 2.75) is 45.4 Å². The van der Waals surface area contributed by atoms with E-state index in [1.807, 2.05) is 19.1 Å². The molecule has 2 rings (SSSR count). The van der Waals surface area contributed by atoms with Crippen LogP contribution in [0.25, 0.3) is 0 Å². The number of aryl methyl sites for hydroxylation is 1. The fraction of sp³-hybridized carbons (Fsp3) is 0.526. The summed E-state index contributed by atoms with van der Waals surface area (Å²) in [5.74, 6) is -0.567. The molecule has 26 heavy (non-hydrogen) atoms. The molecule has 0 atom stereocenters. The van der Waals surface area contributed by atoms with Crippen LogP contribution in [0.5, 0.6) is 0 Å². The van der Waals surface area contributed by atoms with Gasteiger partial charge in [-0.05, 0) is 43.0 Å². The van der Waals surface area contributed by atoms with Crippen molar-refractivity contribution in [2.75, 3.05) is 18.5 Å². The predicted molar refractivity (Wildman–Crippen MR) is 103 cm³/mol. The molecule has 0 unspecified atom stereocenters. The average molecular weight is 425 g/mol. The highest BCUT2D eigenvalue weighted by atomic mass is 79.9. The minimum Gasteiger partial charge on any atom is -0.456 e. The minimum absolute atomic E-state index is 0.173. The van der Waals surface area contributed by atoms with E-state index in [1.165, 1.54) is 25.7 Å². The highest BCUT2D eigenvalue weighted by Crippen LogP contribution is 2.28. The smallest absolute Gasteiger partial charge is 0.306 e. The maximum absolute atomic E-state index is 11.9. The molecule has 7 heteroatoms. The molecule has 1 aliphatic carbocycles. The zero-order valence-electron chi connectivity index (χ0n) is 15.0. The number of esters is 1. The molecule has 0 aliphatic heterocycles. The van der Waals surface area contributed by atoms with Crippen molar-refractivity contribution < 1.29 is 19.1 Å². The quantitative estimate of drug-likeness (QED) is 0.626. The van der Waals surface area contributed by atoms with E-state index in [4.69, 9.17) is 4.74 Å². The van der Waals surface area contributed by atoms with E-state index in [1.54, 1.807) is 6.07 Å². The first kappa shape index (κ1) is 20.4. The third-order valence-corrected chi connectivity index (χ3v) is 5.00. The Morgan fingerprint density at radius 1 is 1.19 bits per heavy atom. The predicted octanol–water partition coefficient (Wildman–Crippen LogP) is 3.33. The van der Waals surface area contributed by atoms with Crippen LogP contribution in [0, 0.1) is 12.8 Å². The first-order valence-electron chi connectivity index (χ1n) is 8.92. The summed E-state index contributed by atoms with van der Waals surface area (Å²) < 4.78 is 5.89. The molecule has 0 spiro atoms. The van der Waals surface area contributed by atoms with Crippen LogP contribution in [0.2, 0.25) is 0 Å². The van der Waals surface area contributed by atoms with Crippen LogP contribution in [-0.2, 0) is 19.1 Å². The average Bonchev–Trinajstić information content (AvgIpc) is 3.12. The van der Waals surface area contributed by atoms with Gasteiger partial charge in [-0.2, -0.15) is 0 Å². The lowest BCUT2D eigenvalue weighted by atomic mass is 10.0. The number of benzene rings is 1. The summed E-state index contributed by atoms with van der Waals surface area (Å²) in [5, 5.41) is 5.18. The second kappa shape index (κ2) is 10.3.